The van der Waals surface area contributed by atoms with Crippen molar-refractivity contribution in [1.29, 1.82) is 0 Å². The summed E-state index contributed by atoms with van der Waals surface area (Å²) in [6.07, 6.45) is 0. The second-order valence-corrected chi connectivity index (χ2v) is 4.50. The Hall–Kier alpha value is -1.27. The van der Waals surface area contributed by atoms with E-state index in [1.54, 1.807) is 12.1 Å². The summed E-state index contributed by atoms with van der Waals surface area (Å²) in [7, 11) is 0. The summed E-state index contributed by atoms with van der Waals surface area (Å²) in [5.74, 6) is 1.18. The Morgan fingerprint density at radius 1 is 1.47 bits per heavy atom. The van der Waals surface area contributed by atoms with Crippen LogP contribution in [0.3, 0.4) is 0 Å². The number of hydrogen-bond acceptors (Lipinski definition) is 4. The number of anilines is 1. The highest BCUT2D eigenvalue weighted by molar-refractivity contribution is 6.22. The molecule has 0 aromatic carbocycles. The van der Waals surface area contributed by atoms with Crippen LogP contribution < -0.4 is 11.0 Å². The molecule has 2 N–H and O–H groups in total. The number of aromatic amines is 1. The van der Waals surface area contributed by atoms with Gasteiger partial charge < -0.3 is 5.32 Å². The second kappa shape index (κ2) is 4.54. The molecule has 92 valence electrons. The van der Waals surface area contributed by atoms with Gasteiger partial charge in [-0.25, -0.2) is 9.89 Å². The molecule has 8 heteroatoms. The fourth-order valence-electron chi connectivity index (χ4n) is 1.28. The van der Waals surface area contributed by atoms with Crippen LogP contribution in [-0.4, -0.2) is 37.1 Å². The van der Waals surface area contributed by atoms with Crippen molar-refractivity contribution in [2.24, 2.45) is 0 Å². The van der Waals surface area contributed by atoms with E-state index in [1.807, 2.05) is 6.92 Å². The summed E-state index contributed by atoms with van der Waals surface area (Å²) in [4.78, 5) is 11.3. The molecule has 6 nitrogen and oxygen atoms in total. The van der Waals surface area contributed by atoms with Crippen molar-refractivity contribution >= 4 is 34.7 Å². The first-order valence-corrected chi connectivity index (χ1v) is 5.99. The van der Waals surface area contributed by atoms with Gasteiger partial charge in [-0.15, -0.1) is 28.3 Å². The van der Waals surface area contributed by atoms with Crippen LogP contribution >= 0.6 is 23.2 Å². The van der Waals surface area contributed by atoms with Crippen molar-refractivity contribution in [2.75, 3.05) is 17.1 Å². The summed E-state index contributed by atoms with van der Waals surface area (Å²) in [5.41, 5.74) is -0.405. The largest absolute Gasteiger partial charge is 0.364 e. The van der Waals surface area contributed by atoms with Gasteiger partial charge in [0.05, 0.1) is 5.54 Å². The van der Waals surface area contributed by atoms with Crippen molar-refractivity contribution < 1.29 is 0 Å². The summed E-state index contributed by atoms with van der Waals surface area (Å²) in [6.45, 7) is 1.87. The van der Waals surface area contributed by atoms with Crippen LogP contribution in [0, 0.1) is 0 Å². The lowest BCUT2D eigenvalue weighted by atomic mass is 10.1. The van der Waals surface area contributed by atoms with Gasteiger partial charge in [-0.3, -0.25) is 0 Å². The first-order chi connectivity index (χ1) is 8.08. The van der Waals surface area contributed by atoms with Crippen LogP contribution in [0.2, 0.25) is 0 Å². The van der Waals surface area contributed by atoms with E-state index in [1.165, 1.54) is 4.52 Å². The third kappa shape index (κ3) is 2.37. The van der Waals surface area contributed by atoms with E-state index in [4.69, 9.17) is 23.2 Å². The lowest BCUT2D eigenvalue weighted by Crippen LogP contribution is -2.39. The first kappa shape index (κ1) is 12.2. The van der Waals surface area contributed by atoms with Gasteiger partial charge in [0.25, 0.3) is 0 Å². The number of hydrogen-bond donors (Lipinski definition) is 2. The molecule has 2 rings (SSSR count). The van der Waals surface area contributed by atoms with E-state index in [9.17, 15) is 4.79 Å². The SMILES string of the molecule is CC(CCl)(CCl)Nc1ccc2n[nH]c(=O)n2n1. The Labute approximate surface area is 107 Å². The van der Waals surface area contributed by atoms with Gasteiger partial charge in [0.1, 0.15) is 5.82 Å². The molecule has 0 spiro atoms. The Kier molecular flexibility index (Phi) is 3.26. The van der Waals surface area contributed by atoms with E-state index in [0.717, 1.165) is 0 Å². The molecule has 0 aliphatic carbocycles. The molecule has 0 aliphatic heterocycles. The van der Waals surface area contributed by atoms with Crippen LogP contribution in [0.15, 0.2) is 16.9 Å². The number of nitrogens with one attached hydrogen (secondary N) is 2. The third-order valence-electron chi connectivity index (χ3n) is 2.29. The Bertz CT molecular complexity index is 574. The lowest BCUT2D eigenvalue weighted by molar-refractivity contribution is 0.641. The fraction of sp³-hybridized carbons (Fsp3) is 0.444. The van der Waals surface area contributed by atoms with Gasteiger partial charge in [0.2, 0.25) is 0 Å². The standard InChI is InChI=1S/C9H11Cl2N5O/c1-9(4-10,5-11)12-6-2-3-7-13-14-8(17)16(7)15-6/h2-3H,4-5H2,1H3,(H,12,15)(H,14,17). The first-order valence-electron chi connectivity index (χ1n) is 4.92. The molecule has 0 saturated carbocycles. The summed E-state index contributed by atoms with van der Waals surface area (Å²) < 4.78 is 1.17. The number of nitrogens with zero attached hydrogens (tertiary/aromatic N) is 3. The molecule has 0 atom stereocenters. The number of rotatable bonds is 4. The van der Waals surface area contributed by atoms with Crippen LogP contribution in [0.1, 0.15) is 6.92 Å². The van der Waals surface area contributed by atoms with Gasteiger partial charge >= 0.3 is 5.69 Å². The van der Waals surface area contributed by atoms with Crippen molar-refractivity contribution in [2.45, 2.75) is 12.5 Å². The minimum atomic E-state index is -0.475. The molecule has 2 aromatic heterocycles. The minimum absolute atomic E-state index is 0.330. The fourth-order valence-corrected chi connectivity index (χ4v) is 1.70. The average Bonchev–Trinajstić information content (AvgIpc) is 2.71. The van der Waals surface area contributed by atoms with Gasteiger partial charge in [-0.2, -0.15) is 9.61 Å². The number of fused-ring (bicyclic) bond motifs is 1. The van der Waals surface area contributed by atoms with Gasteiger partial charge in [-0.05, 0) is 19.1 Å². The normalized spacial score (nSPS) is 11.9. The maximum Gasteiger partial charge on any atom is 0.364 e. The topological polar surface area (TPSA) is 75.1 Å². The van der Waals surface area contributed by atoms with Crippen molar-refractivity contribution in [1.82, 2.24) is 19.8 Å². The third-order valence-corrected chi connectivity index (χ3v) is 3.47. The number of alkyl halides is 2. The zero-order valence-electron chi connectivity index (χ0n) is 9.07. The number of H-pyrrole nitrogens is 1. The molecule has 0 bridgehead atoms. The highest BCUT2D eigenvalue weighted by Crippen LogP contribution is 2.16. The average molecular weight is 276 g/mol. The Balaban J connectivity index is 2.36. The molecule has 0 aliphatic rings. The molecule has 17 heavy (non-hydrogen) atoms. The Morgan fingerprint density at radius 2 is 2.18 bits per heavy atom. The quantitative estimate of drug-likeness (QED) is 0.819. The van der Waals surface area contributed by atoms with Crippen LogP contribution in [-0.2, 0) is 0 Å². The van der Waals surface area contributed by atoms with Crippen molar-refractivity contribution in [3.8, 4) is 0 Å². The lowest BCUT2D eigenvalue weighted by Gasteiger charge is -2.26. The maximum absolute atomic E-state index is 11.3. The summed E-state index contributed by atoms with van der Waals surface area (Å²) in [5, 5.41) is 13.3. The van der Waals surface area contributed by atoms with Crippen molar-refractivity contribution in [3.05, 3.63) is 22.6 Å². The predicted octanol–water partition coefficient (Wildman–Crippen LogP) is 1.07. The number of halogens is 2. The summed E-state index contributed by atoms with van der Waals surface area (Å²) >= 11 is 11.7. The zero-order valence-corrected chi connectivity index (χ0v) is 10.6. The second-order valence-electron chi connectivity index (χ2n) is 3.97. The van der Waals surface area contributed by atoms with E-state index < -0.39 is 5.54 Å². The molecule has 0 fully saturated rings. The van der Waals surface area contributed by atoms with Gasteiger partial charge in [-0.1, -0.05) is 0 Å². The number of aromatic nitrogens is 4. The summed E-state index contributed by atoms with van der Waals surface area (Å²) in [6, 6.07) is 3.39. The minimum Gasteiger partial charge on any atom is -0.361 e. The van der Waals surface area contributed by atoms with Crippen LogP contribution in [0.5, 0.6) is 0 Å². The van der Waals surface area contributed by atoms with Crippen molar-refractivity contribution in [3.63, 3.8) is 0 Å². The predicted molar refractivity (Wildman–Crippen MR) is 67.1 cm³/mol. The van der Waals surface area contributed by atoms with Crippen LogP contribution in [0.4, 0.5) is 5.82 Å². The van der Waals surface area contributed by atoms with Crippen LogP contribution in [0.25, 0.3) is 5.65 Å². The zero-order chi connectivity index (χ0) is 12.5. The molecule has 2 aromatic rings. The maximum atomic E-state index is 11.3. The molecule has 0 saturated heterocycles. The van der Waals surface area contributed by atoms with Gasteiger partial charge in [0.15, 0.2) is 5.65 Å². The van der Waals surface area contributed by atoms with E-state index in [0.29, 0.717) is 23.2 Å². The molecule has 2 heterocycles. The Morgan fingerprint density at radius 3 is 2.82 bits per heavy atom. The van der Waals surface area contributed by atoms with E-state index in [-0.39, 0.29) is 5.69 Å². The monoisotopic (exact) mass is 275 g/mol. The molecule has 0 amide bonds. The van der Waals surface area contributed by atoms with E-state index in [2.05, 4.69) is 20.6 Å². The molecule has 0 unspecified atom stereocenters. The highest BCUT2D eigenvalue weighted by Gasteiger charge is 2.22. The van der Waals surface area contributed by atoms with Gasteiger partial charge in [0, 0.05) is 11.8 Å². The van der Waals surface area contributed by atoms with E-state index >= 15 is 0 Å². The molecular formula is C9H11Cl2N5O. The molecular weight excluding hydrogens is 265 g/mol. The highest BCUT2D eigenvalue weighted by atomic mass is 35.5. The molecule has 0 radical (unpaired) electrons. The smallest absolute Gasteiger partial charge is 0.361 e.